The lowest BCUT2D eigenvalue weighted by atomic mass is 10.2. The van der Waals surface area contributed by atoms with Crippen molar-refractivity contribution < 1.29 is 8.78 Å². The van der Waals surface area contributed by atoms with Gasteiger partial charge in [0.2, 0.25) is 0 Å². The number of hydrogen-bond donors (Lipinski definition) is 1. The highest BCUT2D eigenvalue weighted by atomic mass is 32.2. The fourth-order valence-corrected chi connectivity index (χ4v) is 2.27. The Morgan fingerprint density at radius 1 is 1.29 bits per heavy atom. The van der Waals surface area contributed by atoms with Gasteiger partial charge in [0.25, 0.3) is 0 Å². The van der Waals surface area contributed by atoms with Crippen LogP contribution in [0.15, 0.2) is 23.1 Å². The molecule has 0 aliphatic heterocycles. The summed E-state index contributed by atoms with van der Waals surface area (Å²) in [5.41, 5.74) is 0. The number of rotatable bonds is 7. The van der Waals surface area contributed by atoms with Gasteiger partial charge < -0.3 is 5.32 Å². The van der Waals surface area contributed by atoms with Gasteiger partial charge in [-0.25, -0.2) is 8.78 Å². The Morgan fingerprint density at radius 3 is 2.76 bits per heavy atom. The smallest absolute Gasteiger partial charge is 0.136 e. The second-order valence-electron chi connectivity index (χ2n) is 4.37. The number of hydrogen-bond acceptors (Lipinski definition) is 2. The molecule has 0 atom stereocenters. The quantitative estimate of drug-likeness (QED) is 0.592. The highest BCUT2D eigenvalue weighted by molar-refractivity contribution is 7.99. The Labute approximate surface area is 106 Å². The lowest BCUT2D eigenvalue weighted by molar-refractivity contribution is 0.551. The van der Waals surface area contributed by atoms with Gasteiger partial charge in [-0.3, -0.25) is 0 Å². The van der Waals surface area contributed by atoms with Crippen LogP contribution in [0.4, 0.5) is 8.78 Å². The van der Waals surface area contributed by atoms with Gasteiger partial charge >= 0.3 is 0 Å². The summed E-state index contributed by atoms with van der Waals surface area (Å²) in [6, 6.07) is 3.57. The molecule has 1 rings (SSSR count). The van der Waals surface area contributed by atoms with Crippen LogP contribution >= 0.6 is 11.8 Å². The minimum atomic E-state index is -0.383. The molecule has 0 aromatic heterocycles. The van der Waals surface area contributed by atoms with Gasteiger partial charge in [-0.05, 0) is 49.4 Å². The number of halogens is 2. The van der Waals surface area contributed by atoms with Gasteiger partial charge in [-0.2, -0.15) is 0 Å². The molecular weight excluding hydrogens is 240 g/mol. The molecule has 0 unspecified atom stereocenters. The Kier molecular flexibility index (Phi) is 6.52. The summed E-state index contributed by atoms with van der Waals surface area (Å²) in [4.78, 5) is 0.397. The van der Waals surface area contributed by atoms with Gasteiger partial charge in [-0.1, -0.05) is 13.8 Å². The summed E-state index contributed by atoms with van der Waals surface area (Å²) in [7, 11) is 0. The molecule has 0 radical (unpaired) electrons. The third kappa shape index (κ3) is 6.03. The van der Waals surface area contributed by atoms with E-state index < -0.39 is 0 Å². The van der Waals surface area contributed by atoms with Gasteiger partial charge in [0.1, 0.15) is 11.6 Å². The standard InChI is InChI=1S/C13H19F2NS/c1-10(2)9-16-6-3-7-17-13-8-11(14)4-5-12(13)15/h4-5,8,10,16H,3,6-7,9H2,1-2H3. The molecule has 0 fully saturated rings. The first-order valence-electron chi connectivity index (χ1n) is 5.88. The van der Waals surface area contributed by atoms with E-state index in [1.54, 1.807) is 0 Å². The van der Waals surface area contributed by atoms with Crippen LogP contribution in [0.3, 0.4) is 0 Å². The first-order chi connectivity index (χ1) is 8.09. The fourth-order valence-electron chi connectivity index (χ4n) is 1.36. The summed E-state index contributed by atoms with van der Waals surface area (Å²) < 4.78 is 26.1. The van der Waals surface area contributed by atoms with E-state index >= 15 is 0 Å². The average Bonchev–Trinajstić information content (AvgIpc) is 2.27. The molecule has 0 saturated heterocycles. The van der Waals surface area contributed by atoms with E-state index in [9.17, 15) is 8.78 Å². The maximum atomic E-state index is 13.2. The molecule has 0 bridgehead atoms. The Hall–Kier alpha value is -0.610. The van der Waals surface area contributed by atoms with E-state index in [-0.39, 0.29) is 11.6 Å². The zero-order valence-electron chi connectivity index (χ0n) is 10.3. The van der Waals surface area contributed by atoms with E-state index in [4.69, 9.17) is 0 Å². The Bertz CT molecular complexity index is 342. The molecule has 1 nitrogen and oxygen atoms in total. The van der Waals surface area contributed by atoms with Gasteiger partial charge in [-0.15, -0.1) is 11.8 Å². The van der Waals surface area contributed by atoms with Crippen molar-refractivity contribution in [3.8, 4) is 0 Å². The molecule has 1 N–H and O–H groups in total. The maximum absolute atomic E-state index is 13.2. The van der Waals surface area contributed by atoms with Crippen LogP contribution in [0.2, 0.25) is 0 Å². The van der Waals surface area contributed by atoms with Crippen molar-refractivity contribution >= 4 is 11.8 Å². The molecule has 0 heterocycles. The van der Waals surface area contributed by atoms with Crippen molar-refractivity contribution in [1.82, 2.24) is 5.32 Å². The topological polar surface area (TPSA) is 12.0 Å². The van der Waals surface area contributed by atoms with Crippen LogP contribution < -0.4 is 5.32 Å². The lowest BCUT2D eigenvalue weighted by Gasteiger charge is -2.07. The van der Waals surface area contributed by atoms with Gasteiger partial charge in [0.05, 0.1) is 0 Å². The highest BCUT2D eigenvalue weighted by Gasteiger charge is 2.03. The van der Waals surface area contributed by atoms with Gasteiger partial charge in [0.15, 0.2) is 0 Å². The normalized spacial score (nSPS) is 11.1. The molecule has 4 heteroatoms. The Balaban J connectivity index is 2.20. The third-order valence-corrected chi connectivity index (χ3v) is 3.32. The van der Waals surface area contributed by atoms with E-state index in [1.807, 2.05) is 0 Å². The molecule has 96 valence electrons. The first kappa shape index (κ1) is 14.5. The average molecular weight is 259 g/mol. The molecular formula is C13H19F2NS. The fraction of sp³-hybridized carbons (Fsp3) is 0.538. The van der Waals surface area contributed by atoms with E-state index in [1.165, 1.54) is 23.9 Å². The predicted octanol–water partition coefficient (Wildman–Crippen LogP) is 3.69. The zero-order chi connectivity index (χ0) is 12.7. The van der Waals surface area contributed by atoms with Crippen LogP contribution in [-0.2, 0) is 0 Å². The SMILES string of the molecule is CC(C)CNCCCSc1cc(F)ccc1F. The molecule has 17 heavy (non-hydrogen) atoms. The minimum Gasteiger partial charge on any atom is -0.316 e. The number of benzene rings is 1. The molecule has 1 aromatic rings. The highest BCUT2D eigenvalue weighted by Crippen LogP contribution is 2.22. The van der Waals surface area contributed by atoms with Crippen LogP contribution in [-0.4, -0.2) is 18.8 Å². The second-order valence-corrected chi connectivity index (χ2v) is 5.51. The molecule has 0 saturated carbocycles. The Morgan fingerprint density at radius 2 is 2.06 bits per heavy atom. The zero-order valence-corrected chi connectivity index (χ0v) is 11.1. The molecule has 0 spiro atoms. The number of thioether (sulfide) groups is 1. The van der Waals surface area contributed by atoms with Crippen LogP contribution in [0.1, 0.15) is 20.3 Å². The summed E-state index contributed by atoms with van der Waals surface area (Å²) >= 11 is 1.37. The molecule has 0 aliphatic rings. The van der Waals surface area contributed by atoms with Crippen LogP contribution in [0, 0.1) is 17.6 Å². The first-order valence-corrected chi connectivity index (χ1v) is 6.86. The molecule has 1 aromatic carbocycles. The van der Waals surface area contributed by atoms with Crippen molar-refractivity contribution in [2.45, 2.75) is 25.2 Å². The third-order valence-electron chi connectivity index (χ3n) is 2.20. The summed E-state index contributed by atoms with van der Waals surface area (Å²) in [6.07, 6.45) is 0.952. The van der Waals surface area contributed by atoms with E-state index in [0.29, 0.717) is 10.8 Å². The molecule has 0 aliphatic carbocycles. The summed E-state index contributed by atoms with van der Waals surface area (Å²) in [5.74, 6) is 0.715. The maximum Gasteiger partial charge on any atom is 0.136 e. The second kappa shape index (κ2) is 7.67. The van der Waals surface area contributed by atoms with Crippen molar-refractivity contribution in [3.05, 3.63) is 29.8 Å². The largest absolute Gasteiger partial charge is 0.316 e. The van der Waals surface area contributed by atoms with Crippen molar-refractivity contribution in [3.63, 3.8) is 0 Å². The van der Waals surface area contributed by atoms with E-state index in [0.717, 1.165) is 31.3 Å². The van der Waals surface area contributed by atoms with Crippen molar-refractivity contribution in [2.24, 2.45) is 5.92 Å². The van der Waals surface area contributed by atoms with Crippen molar-refractivity contribution in [1.29, 1.82) is 0 Å². The van der Waals surface area contributed by atoms with E-state index in [2.05, 4.69) is 19.2 Å². The van der Waals surface area contributed by atoms with Crippen LogP contribution in [0.5, 0.6) is 0 Å². The minimum absolute atomic E-state index is 0.341. The monoisotopic (exact) mass is 259 g/mol. The molecule has 0 amide bonds. The van der Waals surface area contributed by atoms with Gasteiger partial charge in [0, 0.05) is 4.90 Å². The van der Waals surface area contributed by atoms with Crippen LogP contribution in [0.25, 0.3) is 0 Å². The lowest BCUT2D eigenvalue weighted by Crippen LogP contribution is -2.21. The number of nitrogens with one attached hydrogen (secondary N) is 1. The summed E-state index contributed by atoms with van der Waals surface area (Å²) in [5, 5.41) is 3.32. The summed E-state index contributed by atoms with van der Waals surface area (Å²) in [6.45, 7) is 6.23. The van der Waals surface area contributed by atoms with Crippen molar-refractivity contribution in [2.75, 3.05) is 18.8 Å². The predicted molar refractivity (Wildman–Crippen MR) is 69.4 cm³/mol.